The number of nitrogens with one attached hydrogen (secondary N) is 1. The summed E-state index contributed by atoms with van der Waals surface area (Å²) in [6, 6.07) is 7.85. The summed E-state index contributed by atoms with van der Waals surface area (Å²) in [5.74, 6) is 0.865. The van der Waals surface area contributed by atoms with E-state index < -0.39 is 10.0 Å². The molecule has 0 bridgehead atoms. The monoisotopic (exact) mass is 252 g/mol. The van der Waals surface area contributed by atoms with Gasteiger partial charge in [0.15, 0.2) is 0 Å². The molecule has 0 aliphatic carbocycles. The van der Waals surface area contributed by atoms with Crippen LogP contribution in [0.1, 0.15) is 11.5 Å². The molecule has 5 heteroatoms. The highest BCUT2D eigenvalue weighted by molar-refractivity contribution is 7.92. The molecule has 2 atom stereocenters. The van der Waals surface area contributed by atoms with Crippen LogP contribution < -0.4 is 9.62 Å². The molecule has 0 spiro atoms. The van der Waals surface area contributed by atoms with Gasteiger partial charge in [-0.15, -0.1) is 0 Å². The van der Waals surface area contributed by atoms with Crippen LogP contribution in [-0.4, -0.2) is 34.3 Å². The van der Waals surface area contributed by atoms with Crippen molar-refractivity contribution in [2.75, 3.05) is 30.2 Å². The van der Waals surface area contributed by atoms with E-state index >= 15 is 0 Å². The average molecular weight is 252 g/mol. The molecule has 0 aromatic heterocycles. The lowest BCUT2D eigenvalue weighted by Gasteiger charge is -2.36. The summed E-state index contributed by atoms with van der Waals surface area (Å²) in [7, 11) is -3.17. The lowest BCUT2D eigenvalue weighted by atomic mass is 9.85. The molecule has 0 unspecified atom stereocenters. The SMILES string of the molecule is CS(=O)(=O)N1C[C@@H]2CNC[C@H]2c2ccccc21. The highest BCUT2D eigenvalue weighted by Crippen LogP contribution is 2.41. The Morgan fingerprint density at radius 3 is 2.82 bits per heavy atom. The predicted molar refractivity (Wildman–Crippen MR) is 67.7 cm³/mol. The topological polar surface area (TPSA) is 49.4 Å². The van der Waals surface area contributed by atoms with Crippen molar-refractivity contribution in [3.63, 3.8) is 0 Å². The van der Waals surface area contributed by atoms with Crippen LogP contribution in [0.15, 0.2) is 24.3 Å². The minimum atomic E-state index is -3.17. The Bertz CT molecular complexity index is 541. The minimum Gasteiger partial charge on any atom is -0.316 e. The first-order chi connectivity index (χ1) is 8.07. The Hall–Kier alpha value is -1.07. The molecule has 2 heterocycles. The van der Waals surface area contributed by atoms with Crippen LogP contribution in [0.2, 0.25) is 0 Å². The third-order valence-corrected chi connectivity index (χ3v) is 4.89. The maximum absolute atomic E-state index is 11.8. The molecule has 1 aromatic rings. The molecule has 1 saturated heterocycles. The van der Waals surface area contributed by atoms with Crippen molar-refractivity contribution in [2.45, 2.75) is 5.92 Å². The number of para-hydroxylation sites is 1. The molecule has 92 valence electrons. The van der Waals surface area contributed by atoms with Crippen molar-refractivity contribution < 1.29 is 8.42 Å². The number of hydrogen-bond acceptors (Lipinski definition) is 3. The van der Waals surface area contributed by atoms with Gasteiger partial charge in [-0.05, 0) is 17.5 Å². The summed E-state index contributed by atoms with van der Waals surface area (Å²) < 4.78 is 25.2. The van der Waals surface area contributed by atoms with Crippen LogP contribution in [0.5, 0.6) is 0 Å². The van der Waals surface area contributed by atoms with Gasteiger partial charge < -0.3 is 5.32 Å². The quantitative estimate of drug-likeness (QED) is 0.803. The van der Waals surface area contributed by atoms with Crippen LogP contribution in [-0.2, 0) is 10.0 Å². The second-order valence-electron chi connectivity index (χ2n) is 4.88. The van der Waals surface area contributed by atoms with Crippen LogP contribution >= 0.6 is 0 Å². The van der Waals surface area contributed by atoms with E-state index in [4.69, 9.17) is 0 Å². The van der Waals surface area contributed by atoms with Crippen molar-refractivity contribution in [3.05, 3.63) is 29.8 Å². The van der Waals surface area contributed by atoms with Gasteiger partial charge >= 0.3 is 0 Å². The molecule has 3 rings (SSSR count). The Morgan fingerprint density at radius 2 is 2.06 bits per heavy atom. The van der Waals surface area contributed by atoms with E-state index in [-0.39, 0.29) is 0 Å². The number of sulfonamides is 1. The molecule has 1 N–H and O–H groups in total. The van der Waals surface area contributed by atoms with Crippen molar-refractivity contribution >= 4 is 15.7 Å². The van der Waals surface area contributed by atoms with E-state index in [1.807, 2.05) is 18.2 Å². The normalized spacial score (nSPS) is 27.7. The Labute approximate surface area is 102 Å². The highest BCUT2D eigenvalue weighted by atomic mass is 32.2. The summed E-state index contributed by atoms with van der Waals surface area (Å²) >= 11 is 0. The van der Waals surface area contributed by atoms with E-state index in [9.17, 15) is 8.42 Å². The van der Waals surface area contributed by atoms with Gasteiger partial charge in [-0.1, -0.05) is 18.2 Å². The molecular weight excluding hydrogens is 236 g/mol. The molecule has 2 aliphatic heterocycles. The molecule has 0 radical (unpaired) electrons. The Kier molecular flexibility index (Phi) is 2.41. The molecule has 1 fully saturated rings. The number of hydrogen-bond donors (Lipinski definition) is 1. The van der Waals surface area contributed by atoms with Crippen LogP contribution in [0.25, 0.3) is 0 Å². The van der Waals surface area contributed by atoms with Crippen molar-refractivity contribution in [1.29, 1.82) is 0 Å². The number of fused-ring (bicyclic) bond motifs is 3. The van der Waals surface area contributed by atoms with Crippen molar-refractivity contribution in [3.8, 4) is 0 Å². The number of nitrogens with zero attached hydrogens (tertiary/aromatic N) is 1. The van der Waals surface area contributed by atoms with Gasteiger partial charge in [0.1, 0.15) is 0 Å². The Morgan fingerprint density at radius 1 is 1.29 bits per heavy atom. The van der Waals surface area contributed by atoms with Gasteiger partial charge in [-0.3, -0.25) is 4.31 Å². The summed E-state index contributed by atoms with van der Waals surface area (Å²) in [6.07, 6.45) is 1.28. The zero-order valence-corrected chi connectivity index (χ0v) is 10.6. The average Bonchev–Trinajstić information content (AvgIpc) is 2.74. The number of anilines is 1. The van der Waals surface area contributed by atoms with Gasteiger partial charge in [0.05, 0.1) is 11.9 Å². The van der Waals surface area contributed by atoms with Crippen molar-refractivity contribution in [1.82, 2.24) is 5.32 Å². The third-order valence-electron chi connectivity index (χ3n) is 3.75. The fourth-order valence-electron chi connectivity index (χ4n) is 2.94. The summed E-state index contributed by atoms with van der Waals surface area (Å²) in [5.41, 5.74) is 2.03. The molecule has 2 aliphatic rings. The maximum Gasteiger partial charge on any atom is 0.232 e. The van der Waals surface area contributed by atoms with E-state index in [0.29, 0.717) is 18.4 Å². The lowest BCUT2D eigenvalue weighted by Crippen LogP contribution is -2.40. The molecular formula is C12H16N2O2S. The highest BCUT2D eigenvalue weighted by Gasteiger charge is 2.38. The van der Waals surface area contributed by atoms with Gasteiger partial charge in [0.2, 0.25) is 10.0 Å². The van der Waals surface area contributed by atoms with Crippen LogP contribution in [0.3, 0.4) is 0 Å². The minimum absolute atomic E-state index is 0.402. The second-order valence-corrected chi connectivity index (χ2v) is 6.78. The molecule has 0 amide bonds. The van der Waals surface area contributed by atoms with E-state index in [1.54, 1.807) is 4.31 Å². The molecule has 17 heavy (non-hydrogen) atoms. The van der Waals surface area contributed by atoms with Gasteiger partial charge in [0, 0.05) is 25.6 Å². The first kappa shape index (κ1) is 11.0. The van der Waals surface area contributed by atoms with Crippen molar-refractivity contribution in [2.24, 2.45) is 5.92 Å². The fraction of sp³-hybridized carbons (Fsp3) is 0.500. The fourth-order valence-corrected chi connectivity index (χ4v) is 3.93. The molecule has 1 aromatic carbocycles. The Balaban J connectivity index is 2.14. The van der Waals surface area contributed by atoms with Gasteiger partial charge in [-0.25, -0.2) is 8.42 Å². The zero-order valence-electron chi connectivity index (χ0n) is 9.76. The van der Waals surface area contributed by atoms with Crippen LogP contribution in [0, 0.1) is 5.92 Å². The van der Waals surface area contributed by atoms with E-state index in [1.165, 1.54) is 11.8 Å². The zero-order chi connectivity index (χ0) is 12.0. The standard InChI is InChI=1S/C12H16N2O2S/c1-17(15,16)14-8-9-6-13-7-11(9)10-4-2-3-5-12(10)14/h2-5,9,11,13H,6-8H2,1H3/t9-,11+/m0/s1. The number of rotatable bonds is 1. The first-order valence-electron chi connectivity index (χ1n) is 5.85. The van der Waals surface area contributed by atoms with Gasteiger partial charge in [0.25, 0.3) is 0 Å². The summed E-state index contributed by atoms with van der Waals surface area (Å²) in [6.45, 7) is 2.47. The first-order valence-corrected chi connectivity index (χ1v) is 7.69. The maximum atomic E-state index is 11.8. The second kappa shape index (κ2) is 3.71. The van der Waals surface area contributed by atoms with Gasteiger partial charge in [-0.2, -0.15) is 0 Å². The summed E-state index contributed by atoms with van der Waals surface area (Å²) in [5, 5.41) is 3.36. The van der Waals surface area contributed by atoms with Crippen LogP contribution in [0.4, 0.5) is 5.69 Å². The van der Waals surface area contributed by atoms with E-state index in [2.05, 4.69) is 11.4 Å². The largest absolute Gasteiger partial charge is 0.316 e. The smallest absolute Gasteiger partial charge is 0.232 e. The molecule has 4 nitrogen and oxygen atoms in total. The number of benzene rings is 1. The van der Waals surface area contributed by atoms with E-state index in [0.717, 1.165) is 18.8 Å². The molecule has 0 saturated carbocycles. The summed E-state index contributed by atoms with van der Waals surface area (Å²) in [4.78, 5) is 0. The predicted octanol–water partition coefficient (Wildman–Crippen LogP) is 0.769. The lowest BCUT2D eigenvalue weighted by molar-refractivity contribution is 0.503. The third kappa shape index (κ3) is 1.73.